The molecule has 140 valence electrons. The number of likely N-dealkylation sites (tertiary alicyclic amines) is 1. The van der Waals surface area contributed by atoms with Crippen molar-refractivity contribution in [2.75, 3.05) is 13.2 Å². The first-order valence-electron chi connectivity index (χ1n) is 8.29. The summed E-state index contributed by atoms with van der Waals surface area (Å²) >= 11 is 0. The number of aliphatic hydroxyl groups excluding tert-OH is 2. The van der Waals surface area contributed by atoms with E-state index in [0.717, 1.165) is 11.6 Å². The summed E-state index contributed by atoms with van der Waals surface area (Å²) in [6.45, 7) is 0.0394. The summed E-state index contributed by atoms with van der Waals surface area (Å²) in [5.74, 6) is -1.07. The van der Waals surface area contributed by atoms with Crippen molar-refractivity contribution in [3.8, 4) is 5.75 Å². The lowest BCUT2D eigenvalue weighted by Gasteiger charge is -2.25. The fourth-order valence-corrected chi connectivity index (χ4v) is 3.55. The summed E-state index contributed by atoms with van der Waals surface area (Å²) in [7, 11) is 0. The SMILES string of the molecule is OC[C@@H]1[C@H](O)[C@@H](c2ccccc2)CN1Cc1cccc(C(F)(F)F)c1O. The molecule has 2 aromatic rings. The van der Waals surface area contributed by atoms with Crippen molar-refractivity contribution in [1.29, 1.82) is 0 Å². The predicted octanol–water partition coefficient (Wildman–Crippen LogP) is 2.73. The zero-order valence-corrected chi connectivity index (χ0v) is 13.9. The van der Waals surface area contributed by atoms with Gasteiger partial charge in [0.05, 0.1) is 24.3 Å². The molecule has 1 aliphatic heterocycles. The molecule has 0 radical (unpaired) electrons. The van der Waals surface area contributed by atoms with Gasteiger partial charge in [0.25, 0.3) is 0 Å². The summed E-state index contributed by atoms with van der Waals surface area (Å²) in [6, 6.07) is 12.2. The van der Waals surface area contributed by atoms with Gasteiger partial charge in [0, 0.05) is 24.6 Å². The Hall–Kier alpha value is -2.09. The highest BCUT2D eigenvalue weighted by molar-refractivity contribution is 5.42. The van der Waals surface area contributed by atoms with E-state index in [2.05, 4.69) is 0 Å². The van der Waals surface area contributed by atoms with E-state index in [-0.39, 0.29) is 24.6 Å². The quantitative estimate of drug-likeness (QED) is 0.778. The minimum atomic E-state index is -4.65. The summed E-state index contributed by atoms with van der Waals surface area (Å²) in [6.07, 6.45) is -5.50. The van der Waals surface area contributed by atoms with E-state index in [0.29, 0.717) is 6.54 Å². The van der Waals surface area contributed by atoms with Crippen LogP contribution in [0.2, 0.25) is 0 Å². The largest absolute Gasteiger partial charge is 0.507 e. The molecule has 2 aromatic carbocycles. The van der Waals surface area contributed by atoms with Crippen molar-refractivity contribution in [3.05, 3.63) is 65.2 Å². The number of phenols is 1. The van der Waals surface area contributed by atoms with Crippen molar-refractivity contribution >= 4 is 0 Å². The standard InChI is InChI=1S/C19H20F3NO3/c20-19(21,22)15-8-4-7-13(17(15)25)9-23-10-14(18(26)16(23)11-24)12-5-2-1-3-6-12/h1-8,14,16,18,24-26H,9-11H2/t14-,16-,18-/m1/s1. The molecule has 0 aromatic heterocycles. The Labute approximate surface area is 149 Å². The van der Waals surface area contributed by atoms with Gasteiger partial charge >= 0.3 is 6.18 Å². The monoisotopic (exact) mass is 367 g/mol. The fraction of sp³-hybridized carbons (Fsp3) is 0.368. The third-order valence-electron chi connectivity index (χ3n) is 4.92. The highest BCUT2D eigenvalue weighted by Crippen LogP contribution is 2.39. The van der Waals surface area contributed by atoms with Crippen LogP contribution in [0.4, 0.5) is 13.2 Å². The van der Waals surface area contributed by atoms with Crippen molar-refractivity contribution in [2.24, 2.45) is 0 Å². The lowest BCUT2D eigenvalue weighted by Crippen LogP contribution is -2.38. The van der Waals surface area contributed by atoms with Crippen LogP contribution in [0.15, 0.2) is 48.5 Å². The molecule has 3 rings (SSSR count). The molecule has 0 aliphatic carbocycles. The van der Waals surface area contributed by atoms with E-state index in [4.69, 9.17) is 0 Å². The van der Waals surface area contributed by atoms with Crippen LogP contribution in [-0.4, -0.2) is 45.5 Å². The van der Waals surface area contributed by atoms with E-state index in [1.807, 2.05) is 30.3 Å². The molecule has 7 heteroatoms. The van der Waals surface area contributed by atoms with Crippen LogP contribution in [-0.2, 0) is 12.7 Å². The Morgan fingerprint density at radius 1 is 1.04 bits per heavy atom. The summed E-state index contributed by atoms with van der Waals surface area (Å²) in [5, 5.41) is 30.2. The number of halogens is 3. The fourth-order valence-electron chi connectivity index (χ4n) is 3.55. The molecular formula is C19H20F3NO3. The van der Waals surface area contributed by atoms with E-state index in [1.165, 1.54) is 12.1 Å². The minimum absolute atomic E-state index is 0.00136. The second kappa shape index (κ2) is 7.26. The zero-order valence-electron chi connectivity index (χ0n) is 13.9. The van der Waals surface area contributed by atoms with Crippen LogP contribution in [0.5, 0.6) is 5.75 Å². The molecule has 1 saturated heterocycles. The third-order valence-corrected chi connectivity index (χ3v) is 4.92. The van der Waals surface area contributed by atoms with Crippen molar-refractivity contribution in [3.63, 3.8) is 0 Å². The number of phenolic OH excluding ortho intramolecular Hbond substituents is 1. The topological polar surface area (TPSA) is 63.9 Å². The van der Waals surface area contributed by atoms with E-state index in [9.17, 15) is 28.5 Å². The zero-order chi connectivity index (χ0) is 18.9. The van der Waals surface area contributed by atoms with Gasteiger partial charge in [-0.3, -0.25) is 4.90 Å². The molecule has 1 heterocycles. The first kappa shape index (κ1) is 18.7. The Morgan fingerprint density at radius 2 is 1.73 bits per heavy atom. The molecule has 0 amide bonds. The Bertz CT molecular complexity index is 751. The third kappa shape index (κ3) is 3.56. The van der Waals surface area contributed by atoms with Gasteiger partial charge in [-0.1, -0.05) is 42.5 Å². The second-order valence-electron chi connectivity index (χ2n) is 6.50. The van der Waals surface area contributed by atoms with Crippen LogP contribution in [0, 0.1) is 0 Å². The molecule has 0 unspecified atom stereocenters. The molecule has 0 saturated carbocycles. The molecule has 1 aliphatic rings. The highest BCUT2D eigenvalue weighted by atomic mass is 19.4. The smallest absolute Gasteiger partial charge is 0.419 e. The number of hydrogen-bond acceptors (Lipinski definition) is 4. The van der Waals surface area contributed by atoms with Crippen molar-refractivity contribution < 1.29 is 28.5 Å². The lowest BCUT2D eigenvalue weighted by molar-refractivity contribution is -0.138. The highest BCUT2D eigenvalue weighted by Gasteiger charge is 2.41. The first-order chi connectivity index (χ1) is 12.3. The van der Waals surface area contributed by atoms with Crippen LogP contribution < -0.4 is 0 Å². The first-order valence-corrected chi connectivity index (χ1v) is 8.29. The Kier molecular flexibility index (Phi) is 5.22. The van der Waals surface area contributed by atoms with E-state index >= 15 is 0 Å². The summed E-state index contributed by atoms with van der Waals surface area (Å²) < 4.78 is 38.9. The maximum atomic E-state index is 13.0. The van der Waals surface area contributed by atoms with Crippen molar-refractivity contribution in [2.45, 2.75) is 30.8 Å². The molecule has 3 atom stereocenters. The second-order valence-corrected chi connectivity index (χ2v) is 6.50. The molecule has 3 N–H and O–H groups in total. The van der Waals surface area contributed by atoms with Crippen LogP contribution in [0.1, 0.15) is 22.6 Å². The minimum Gasteiger partial charge on any atom is -0.507 e. The molecule has 26 heavy (non-hydrogen) atoms. The van der Waals surface area contributed by atoms with Gasteiger partial charge < -0.3 is 15.3 Å². The normalized spacial score (nSPS) is 24.1. The number of alkyl halides is 3. The average molecular weight is 367 g/mol. The average Bonchev–Trinajstić information content (AvgIpc) is 2.92. The summed E-state index contributed by atoms with van der Waals surface area (Å²) in [5.41, 5.74) is -0.0803. The number of hydrogen-bond donors (Lipinski definition) is 3. The van der Waals surface area contributed by atoms with Gasteiger partial charge in [0.15, 0.2) is 0 Å². The van der Waals surface area contributed by atoms with Gasteiger partial charge in [-0.25, -0.2) is 0 Å². The predicted molar refractivity (Wildman–Crippen MR) is 89.6 cm³/mol. The number of rotatable bonds is 4. The van der Waals surface area contributed by atoms with Crippen LogP contribution in [0.3, 0.4) is 0 Å². The lowest BCUT2D eigenvalue weighted by atomic mass is 9.94. The molecule has 0 bridgehead atoms. The van der Waals surface area contributed by atoms with Crippen LogP contribution >= 0.6 is 0 Å². The van der Waals surface area contributed by atoms with Crippen molar-refractivity contribution in [1.82, 2.24) is 4.90 Å². The number of para-hydroxylation sites is 1. The molecule has 0 spiro atoms. The van der Waals surface area contributed by atoms with Gasteiger partial charge in [-0.15, -0.1) is 0 Å². The van der Waals surface area contributed by atoms with Gasteiger partial charge in [0.2, 0.25) is 0 Å². The molecular weight excluding hydrogens is 347 g/mol. The maximum absolute atomic E-state index is 13.0. The Balaban J connectivity index is 1.86. The molecule has 1 fully saturated rings. The number of nitrogens with zero attached hydrogens (tertiary/aromatic N) is 1. The number of benzene rings is 2. The van der Waals surface area contributed by atoms with Gasteiger partial charge in [0.1, 0.15) is 5.75 Å². The Morgan fingerprint density at radius 3 is 2.35 bits per heavy atom. The van der Waals surface area contributed by atoms with E-state index in [1.54, 1.807) is 4.90 Å². The van der Waals surface area contributed by atoms with Gasteiger partial charge in [-0.2, -0.15) is 13.2 Å². The van der Waals surface area contributed by atoms with E-state index < -0.39 is 29.6 Å². The molecule has 4 nitrogen and oxygen atoms in total. The maximum Gasteiger partial charge on any atom is 0.419 e. The number of aliphatic hydroxyl groups is 2. The number of aromatic hydroxyl groups is 1. The van der Waals surface area contributed by atoms with Gasteiger partial charge in [-0.05, 0) is 11.6 Å². The summed E-state index contributed by atoms with van der Waals surface area (Å²) in [4.78, 5) is 1.71. The van der Waals surface area contributed by atoms with Crippen LogP contribution in [0.25, 0.3) is 0 Å².